The molecule has 0 bridgehead atoms. The van der Waals surface area contributed by atoms with E-state index in [9.17, 15) is 4.39 Å². The van der Waals surface area contributed by atoms with Gasteiger partial charge in [-0.3, -0.25) is 0 Å². The fourth-order valence-electron chi connectivity index (χ4n) is 1.07. The van der Waals surface area contributed by atoms with Crippen LogP contribution in [0.25, 0.3) is 0 Å². The third kappa shape index (κ3) is 1.14. The lowest BCUT2D eigenvalue weighted by Gasteiger charge is -2.09. The van der Waals surface area contributed by atoms with Crippen LogP contribution in [-0.4, -0.2) is 41.3 Å². The van der Waals surface area contributed by atoms with Crippen LogP contribution < -0.4 is 0 Å². The van der Waals surface area contributed by atoms with E-state index in [1.54, 1.807) is 0 Å². The minimum absolute atomic E-state index is 0.327. The van der Waals surface area contributed by atoms with Crippen LogP contribution in [0.15, 0.2) is 0 Å². The zero-order chi connectivity index (χ0) is 7.72. The van der Waals surface area contributed by atoms with Gasteiger partial charge in [0.1, 0.15) is 12.2 Å². The second-order valence-electron chi connectivity index (χ2n) is 2.50. The number of alkyl halides is 1. The van der Waals surface area contributed by atoms with Gasteiger partial charge in [-0.2, -0.15) is 0 Å². The molecular formula is C6H11FO3. The van der Waals surface area contributed by atoms with Gasteiger partial charge in [0, 0.05) is 0 Å². The fourth-order valence-corrected chi connectivity index (χ4v) is 1.07. The van der Waals surface area contributed by atoms with Crippen LogP contribution in [0.4, 0.5) is 4.39 Å². The summed E-state index contributed by atoms with van der Waals surface area (Å²) in [4.78, 5) is 0. The Kier molecular flexibility index (Phi) is 2.23. The maximum absolute atomic E-state index is 12.7. The Balaban J connectivity index is 2.53. The number of hydrogen-bond donors (Lipinski definition) is 2. The molecule has 0 spiro atoms. The van der Waals surface area contributed by atoms with Gasteiger partial charge in [-0.1, -0.05) is 0 Å². The van der Waals surface area contributed by atoms with Gasteiger partial charge < -0.3 is 14.9 Å². The maximum Gasteiger partial charge on any atom is 0.154 e. The second-order valence-corrected chi connectivity index (χ2v) is 2.50. The smallest absolute Gasteiger partial charge is 0.154 e. The summed E-state index contributed by atoms with van der Waals surface area (Å²) in [6, 6.07) is 0. The van der Waals surface area contributed by atoms with Crippen LogP contribution in [0, 0.1) is 0 Å². The van der Waals surface area contributed by atoms with Gasteiger partial charge in [-0.15, -0.1) is 0 Å². The molecule has 1 rings (SSSR count). The summed E-state index contributed by atoms with van der Waals surface area (Å²) in [6.45, 7) is 1.20. The van der Waals surface area contributed by atoms with E-state index in [1.165, 1.54) is 6.92 Å². The first-order chi connectivity index (χ1) is 4.66. The third-order valence-electron chi connectivity index (χ3n) is 1.73. The summed E-state index contributed by atoms with van der Waals surface area (Å²) in [5.41, 5.74) is 0. The van der Waals surface area contributed by atoms with Crippen molar-refractivity contribution in [3.63, 3.8) is 0 Å². The Morgan fingerprint density at radius 1 is 1.60 bits per heavy atom. The van der Waals surface area contributed by atoms with Gasteiger partial charge in [0.2, 0.25) is 0 Å². The molecule has 4 heteroatoms. The van der Waals surface area contributed by atoms with Crippen LogP contribution in [-0.2, 0) is 4.74 Å². The SMILES string of the molecule is CC1O[C@H](CO)C(O)C1F. The molecule has 1 aliphatic heterocycles. The summed E-state index contributed by atoms with van der Waals surface area (Å²) in [7, 11) is 0. The van der Waals surface area contributed by atoms with Crippen LogP contribution in [0.3, 0.4) is 0 Å². The van der Waals surface area contributed by atoms with Crippen LogP contribution in [0.2, 0.25) is 0 Å². The molecular weight excluding hydrogens is 139 g/mol. The molecule has 1 fully saturated rings. The topological polar surface area (TPSA) is 49.7 Å². The van der Waals surface area contributed by atoms with Crippen molar-refractivity contribution < 1.29 is 19.3 Å². The first kappa shape index (κ1) is 7.91. The number of aliphatic hydroxyl groups is 2. The van der Waals surface area contributed by atoms with E-state index in [2.05, 4.69) is 0 Å². The van der Waals surface area contributed by atoms with Gasteiger partial charge >= 0.3 is 0 Å². The highest BCUT2D eigenvalue weighted by Gasteiger charge is 2.40. The molecule has 0 aromatic carbocycles. The van der Waals surface area contributed by atoms with Crippen molar-refractivity contribution in [3.8, 4) is 0 Å². The minimum atomic E-state index is -1.36. The molecule has 1 saturated heterocycles. The third-order valence-corrected chi connectivity index (χ3v) is 1.73. The molecule has 3 unspecified atom stereocenters. The van der Waals surface area contributed by atoms with E-state index in [0.29, 0.717) is 0 Å². The summed E-state index contributed by atoms with van der Waals surface area (Å²) in [5.74, 6) is 0. The van der Waals surface area contributed by atoms with Crippen molar-refractivity contribution in [2.75, 3.05) is 6.61 Å². The number of aliphatic hydroxyl groups excluding tert-OH is 2. The van der Waals surface area contributed by atoms with Crippen LogP contribution >= 0.6 is 0 Å². The summed E-state index contributed by atoms with van der Waals surface area (Å²) in [5, 5.41) is 17.5. The Morgan fingerprint density at radius 2 is 2.20 bits per heavy atom. The van der Waals surface area contributed by atoms with Gasteiger partial charge in [0.15, 0.2) is 6.17 Å². The molecule has 3 nitrogen and oxygen atoms in total. The number of hydrogen-bond acceptors (Lipinski definition) is 3. The average Bonchev–Trinajstić information content (AvgIpc) is 2.17. The highest BCUT2D eigenvalue weighted by molar-refractivity contribution is 4.88. The van der Waals surface area contributed by atoms with E-state index in [1.807, 2.05) is 0 Å². The van der Waals surface area contributed by atoms with E-state index in [4.69, 9.17) is 14.9 Å². The van der Waals surface area contributed by atoms with Crippen molar-refractivity contribution in [3.05, 3.63) is 0 Å². The lowest BCUT2D eigenvalue weighted by molar-refractivity contribution is -0.0171. The molecule has 10 heavy (non-hydrogen) atoms. The molecule has 0 aromatic heterocycles. The average molecular weight is 150 g/mol. The molecule has 4 atom stereocenters. The number of halogens is 1. The molecule has 1 heterocycles. The standard InChI is InChI=1S/C6H11FO3/c1-3-5(7)6(9)4(2-8)10-3/h3-6,8-9H,2H2,1H3/t3?,4-,5?,6?/m1/s1. The minimum Gasteiger partial charge on any atom is -0.394 e. The van der Waals surface area contributed by atoms with Crippen LogP contribution in [0.1, 0.15) is 6.92 Å². The van der Waals surface area contributed by atoms with Crippen LogP contribution in [0.5, 0.6) is 0 Å². The van der Waals surface area contributed by atoms with Crippen molar-refractivity contribution >= 4 is 0 Å². The van der Waals surface area contributed by atoms with Gasteiger partial charge in [-0.05, 0) is 6.92 Å². The van der Waals surface area contributed by atoms with Crippen molar-refractivity contribution in [1.29, 1.82) is 0 Å². The molecule has 0 amide bonds. The predicted molar refractivity (Wildman–Crippen MR) is 32.3 cm³/mol. The number of ether oxygens (including phenoxy) is 1. The maximum atomic E-state index is 12.7. The monoisotopic (exact) mass is 150 g/mol. The largest absolute Gasteiger partial charge is 0.394 e. The zero-order valence-corrected chi connectivity index (χ0v) is 5.70. The Labute approximate surface area is 58.4 Å². The first-order valence-electron chi connectivity index (χ1n) is 3.25. The van der Waals surface area contributed by atoms with E-state index in [0.717, 1.165) is 0 Å². The quantitative estimate of drug-likeness (QED) is 0.528. The highest BCUT2D eigenvalue weighted by atomic mass is 19.1. The predicted octanol–water partition coefficient (Wildman–Crippen LogP) is -0.535. The Hall–Kier alpha value is -0.190. The van der Waals surface area contributed by atoms with Gasteiger partial charge in [-0.25, -0.2) is 4.39 Å². The van der Waals surface area contributed by atoms with Crippen molar-refractivity contribution in [2.24, 2.45) is 0 Å². The lowest BCUT2D eigenvalue weighted by atomic mass is 10.1. The van der Waals surface area contributed by atoms with Crippen molar-refractivity contribution in [2.45, 2.75) is 31.4 Å². The van der Waals surface area contributed by atoms with Gasteiger partial charge in [0.05, 0.1) is 12.7 Å². The molecule has 0 radical (unpaired) electrons. The summed E-state index contributed by atoms with van der Waals surface area (Å²) < 4.78 is 17.5. The Bertz CT molecular complexity index is 120. The molecule has 0 saturated carbocycles. The summed E-state index contributed by atoms with van der Waals surface area (Å²) in [6.07, 6.45) is -3.88. The first-order valence-corrected chi connectivity index (χ1v) is 3.25. The normalized spacial score (nSPS) is 48.0. The second kappa shape index (κ2) is 2.82. The van der Waals surface area contributed by atoms with E-state index >= 15 is 0 Å². The molecule has 2 N–H and O–H groups in total. The Morgan fingerprint density at radius 3 is 2.40 bits per heavy atom. The molecule has 1 aliphatic rings. The molecule has 60 valence electrons. The van der Waals surface area contributed by atoms with E-state index < -0.39 is 24.5 Å². The zero-order valence-electron chi connectivity index (χ0n) is 5.70. The number of rotatable bonds is 1. The highest BCUT2D eigenvalue weighted by Crippen LogP contribution is 2.22. The van der Waals surface area contributed by atoms with Gasteiger partial charge in [0.25, 0.3) is 0 Å². The molecule has 0 aliphatic carbocycles. The fraction of sp³-hybridized carbons (Fsp3) is 1.00. The lowest BCUT2D eigenvalue weighted by Crippen LogP contribution is -2.30. The summed E-state index contributed by atoms with van der Waals surface area (Å²) >= 11 is 0. The van der Waals surface area contributed by atoms with Crippen molar-refractivity contribution in [1.82, 2.24) is 0 Å². The molecule has 0 aromatic rings. The van der Waals surface area contributed by atoms with E-state index in [-0.39, 0.29) is 6.61 Å².